The number of fused-ring (bicyclic) bond motifs is 6. The van der Waals surface area contributed by atoms with E-state index in [-0.39, 0.29) is 22.9 Å². The van der Waals surface area contributed by atoms with Gasteiger partial charge >= 0.3 is 0 Å². The van der Waals surface area contributed by atoms with Crippen molar-refractivity contribution in [2.45, 2.75) is 24.4 Å². The lowest BCUT2D eigenvalue weighted by molar-refractivity contribution is -0.384. The number of amides is 1. The van der Waals surface area contributed by atoms with Crippen molar-refractivity contribution < 1.29 is 19.3 Å². The second-order valence-corrected chi connectivity index (χ2v) is 11.0. The van der Waals surface area contributed by atoms with Crippen LogP contribution in [-0.4, -0.2) is 34.5 Å². The minimum Gasteiger partial charge on any atom is -0.352 e. The number of hydrogen-bond donors (Lipinski definition) is 1. The Morgan fingerprint density at radius 2 is 1.62 bits per heavy atom. The number of non-ortho nitro benzene ring substituents is 1. The average molecular weight is 556 g/mol. The van der Waals surface area contributed by atoms with Crippen molar-refractivity contribution in [1.29, 1.82) is 0 Å². The molecule has 3 aliphatic rings. The van der Waals surface area contributed by atoms with Gasteiger partial charge in [0, 0.05) is 34.6 Å². The largest absolute Gasteiger partial charge is 0.352 e. The molecule has 0 radical (unpaired) electrons. The van der Waals surface area contributed by atoms with Crippen LogP contribution in [0.2, 0.25) is 0 Å². The number of Topliss-reactive ketones (excluding diaryl/α,β-unsaturated/α-hetero) is 2. The van der Waals surface area contributed by atoms with E-state index >= 15 is 0 Å². The number of nitro groups is 1. The fourth-order valence-electron chi connectivity index (χ4n) is 7.02. The normalized spacial score (nSPS) is 23.2. The van der Waals surface area contributed by atoms with Gasteiger partial charge in [0.15, 0.2) is 11.6 Å². The number of nitrogens with one attached hydrogen (secondary N) is 1. The van der Waals surface area contributed by atoms with Crippen molar-refractivity contribution >= 4 is 40.6 Å². The van der Waals surface area contributed by atoms with Crippen LogP contribution in [-0.2, 0) is 10.2 Å². The van der Waals surface area contributed by atoms with Crippen LogP contribution < -0.4 is 10.2 Å². The maximum Gasteiger partial charge on any atom is 0.270 e. The van der Waals surface area contributed by atoms with E-state index in [2.05, 4.69) is 5.32 Å². The van der Waals surface area contributed by atoms with Crippen LogP contribution in [0.15, 0.2) is 103 Å². The second-order valence-electron chi connectivity index (χ2n) is 11.0. The minimum atomic E-state index is -1.48. The molecule has 0 aromatic heterocycles. The van der Waals surface area contributed by atoms with Gasteiger partial charge in [0.1, 0.15) is 11.5 Å². The molecule has 42 heavy (non-hydrogen) atoms. The van der Waals surface area contributed by atoms with Crippen molar-refractivity contribution in [2.75, 3.05) is 10.2 Å². The summed E-state index contributed by atoms with van der Waals surface area (Å²) in [6.45, 7) is 1.98. The lowest BCUT2D eigenvalue weighted by Gasteiger charge is -2.37. The monoisotopic (exact) mass is 555 g/mol. The number of ketones is 2. The number of nitro benzene ring substituents is 1. The predicted octanol–water partition coefficient (Wildman–Crippen LogP) is 5.76. The van der Waals surface area contributed by atoms with Crippen LogP contribution in [0, 0.1) is 23.0 Å². The zero-order valence-corrected chi connectivity index (χ0v) is 22.6. The van der Waals surface area contributed by atoms with Gasteiger partial charge < -0.3 is 10.2 Å². The van der Waals surface area contributed by atoms with Crippen LogP contribution >= 0.6 is 0 Å². The molecule has 3 heterocycles. The lowest BCUT2D eigenvalue weighted by atomic mass is 9.64. The summed E-state index contributed by atoms with van der Waals surface area (Å²) in [4.78, 5) is 56.8. The molecule has 1 saturated heterocycles. The van der Waals surface area contributed by atoms with Gasteiger partial charge in [-0.2, -0.15) is 0 Å². The van der Waals surface area contributed by atoms with E-state index in [1.54, 1.807) is 30.3 Å². The van der Waals surface area contributed by atoms with E-state index in [1.807, 2.05) is 66.4 Å². The van der Waals surface area contributed by atoms with Gasteiger partial charge in [-0.15, -0.1) is 0 Å². The topological polar surface area (TPSA) is 110 Å². The molecule has 0 bridgehead atoms. The summed E-state index contributed by atoms with van der Waals surface area (Å²) in [5, 5.41) is 14.6. The number of carbonyl (C=O) groups is 3. The standard InChI is InChI=1S/C34H25N3O5/c1-20-14-16-27-22(18-20)15-17-28-34(25-12-5-6-13-26(25)35-33(34)40)29(31(38)23-10-7-11-24(19-23)37(41)42)30(36(27)28)32(39)21-8-3-2-4-9-21/h2-19,28-30H,1H3,(H,35,40)/t28-,29-,30-,34-/m0/s1. The number of benzene rings is 4. The lowest BCUT2D eigenvalue weighted by Crippen LogP contribution is -2.51. The zero-order valence-electron chi connectivity index (χ0n) is 22.6. The van der Waals surface area contributed by atoms with Crippen molar-refractivity contribution in [2.24, 2.45) is 5.92 Å². The first-order chi connectivity index (χ1) is 20.3. The fourth-order valence-corrected chi connectivity index (χ4v) is 7.02. The maximum atomic E-state index is 14.8. The van der Waals surface area contributed by atoms with Crippen LogP contribution in [0.5, 0.6) is 0 Å². The Morgan fingerprint density at radius 1 is 0.881 bits per heavy atom. The number of para-hydroxylation sites is 1. The highest BCUT2D eigenvalue weighted by Crippen LogP contribution is 2.58. The van der Waals surface area contributed by atoms with Gasteiger partial charge in [-0.1, -0.05) is 84.4 Å². The molecule has 1 spiro atoms. The second kappa shape index (κ2) is 9.34. The number of rotatable bonds is 5. The van der Waals surface area contributed by atoms with Crippen LogP contribution in [0.1, 0.15) is 37.4 Å². The summed E-state index contributed by atoms with van der Waals surface area (Å²) in [5.41, 5.74) is 2.61. The van der Waals surface area contributed by atoms with Gasteiger partial charge in [0.25, 0.3) is 5.69 Å². The summed E-state index contributed by atoms with van der Waals surface area (Å²) in [6.07, 6.45) is 3.86. The van der Waals surface area contributed by atoms with E-state index in [9.17, 15) is 24.5 Å². The third-order valence-electron chi connectivity index (χ3n) is 8.74. The van der Waals surface area contributed by atoms with Gasteiger partial charge in [-0.25, -0.2) is 0 Å². The van der Waals surface area contributed by atoms with Gasteiger partial charge in [-0.3, -0.25) is 24.5 Å². The molecule has 1 amide bonds. The molecule has 7 rings (SSSR count). The first-order valence-corrected chi connectivity index (χ1v) is 13.7. The molecule has 1 N–H and O–H groups in total. The Labute approximate surface area is 241 Å². The molecule has 1 fully saturated rings. The molecule has 8 nitrogen and oxygen atoms in total. The SMILES string of the molecule is Cc1ccc2c(c1)C=C[C@@H]1N2[C@H](C(=O)c2ccccc2)[C@@H](C(=O)c2cccc([N+](=O)[O-])c2)[C@@]12C(=O)Nc1ccccc12. The Balaban J connectivity index is 1.54. The maximum absolute atomic E-state index is 14.8. The first kappa shape index (κ1) is 25.6. The van der Waals surface area contributed by atoms with Crippen molar-refractivity contribution in [3.8, 4) is 0 Å². The Kier molecular flexibility index (Phi) is 5.69. The predicted molar refractivity (Wildman–Crippen MR) is 159 cm³/mol. The highest BCUT2D eigenvalue weighted by Gasteiger charge is 2.70. The molecular weight excluding hydrogens is 530 g/mol. The van der Waals surface area contributed by atoms with Crippen LogP contribution in [0.4, 0.5) is 17.1 Å². The van der Waals surface area contributed by atoms with E-state index in [4.69, 9.17) is 0 Å². The van der Waals surface area contributed by atoms with Gasteiger partial charge in [-0.05, 0) is 36.2 Å². The average Bonchev–Trinajstić information content (AvgIpc) is 3.49. The number of aryl methyl sites for hydroxylation is 1. The van der Waals surface area contributed by atoms with Gasteiger partial charge in [0.2, 0.25) is 5.91 Å². The summed E-state index contributed by atoms with van der Waals surface area (Å²) >= 11 is 0. The van der Waals surface area contributed by atoms with Crippen molar-refractivity contribution in [3.63, 3.8) is 0 Å². The minimum absolute atomic E-state index is 0.0737. The zero-order chi connectivity index (χ0) is 29.2. The van der Waals surface area contributed by atoms with E-state index < -0.39 is 34.1 Å². The molecule has 0 saturated carbocycles. The summed E-state index contributed by atoms with van der Waals surface area (Å²) < 4.78 is 0. The first-order valence-electron chi connectivity index (χ1n) is 13.7. The number of anilines is 2. The molecule has 4 atom stereocenters. The van der Waals surface area contributed by atoms with Crippen LogP contribution in [0.3, 0.4) is 0 Å². The number of carbonyl (C=O) groups excluding carboxylic acids is 3. The smallest absolute Gasteiger partial charge is 0.270 e. The van der Waals surface area contributed by atoms with E-state index in [1.165, 1.54) is 24.3 Å². The molecule has 4 aromatic rings. The van der Waals surface area contributed by atoms with E-state index in [0.29, 0.717) is 16.8 Å². The third kappa shape index (κ3) is 3.51. The molecule has 206 valence electrons. The summed E-state index contributed by atoms with van der Waals surface area (Å²) in [7, 11) is 0. The van der Waals surface area contributed by atoms with Crippen LogP contribution in [0.25, 0.3) is 6.08 Å². The Hall–Kier alpha value is -5.37. The number of hydrogen-bond acceptors (Lipinski definition) is 6. The number of nitrogens with zero attached hydrogens (tertiary/aromatic N) is 2. The Bertz CT molecular complexity index is 1850. The molecule has 8 heteroatoms. The highest BCUT2D eigenvalue weighted by atomic mass is 16.6. The summed E-state index contributed by atoms with van der Waals surface area (Å²) in [5.74, 6) is -2.39. The van der Waals surface area contributed by atoms with Crippen molar-refractivity contribution in [3.05, 3.63) is 141 Å². The van der Waals surface area contributed by atoms with Crippen molar-refractivity contribution in [1.82, 2.24) is 0 Å². The fraction of sp³-hybridized carbons (Fsp3) is 0.147. The molecule has 3 aliphatic heterocycles. The molecule has 0 aliphatic carbocycles. The summed E-state index contributed by atoms with van der Waals surface area (Å²) in [6, 6.07) is 25.6. The van der Waals surface area contributed by atoms with Gasteiger partial charge in [0.05, 0.1) is 16.9 Å². The highest BCUT2D eigenvalue weighted by molar-refractivity contribution is 6.18. The molecule has 0 unspecified atom stereocenters. The Morgan fingerprint density at radius 3 is 2.40 bits per heavy atom. The molecular formula is C34H25N3O5. The third-order valence-corrected chi connectivity index (χ3v) is 8.74. The molecule has 4 aromatic carbocycles. The quantitative estimate of drug-likeness (QED) is 0.191. The van der Waals surface area contributed by atoms with E-state index in [0.717, 1.165) is 16.8 Å².